The Hall–Kier alpha value is -3.72. The van der Waals surface area contributed by atoms with Crippen molar-refractivity contribution in [3.8, 4) is 11.5 Å². The molecular weight excluding hydrogens is 554 g/mol. The van der Waals surface area contributed by atoms with Crippen LogP contribution >= 0.6 is 0 Å². The highest BCUT2D eigenvalue weighted by molar-refractivity contribution is 6.30. The second kappa shape index (κ2) is 10.8. The van der Waals surface area contributed by atoms with Gasteiger partial charge in [-0.1, -0.05) is 6.07 Å². The van der Waals surface area contributed by atoms with Crippen LogP contribution < -0.4 is 5.73 Å². The van der Waals surface area contributed by atoms with Crippen LogP contribution in [0, 0.1) is 0 Å². The van der Waals surface area contributed by atoms with Crippen LogP contribution in [0.25, 0.3) is 0 Å². The van der Waals surface area contributed by atoms with Crippen molar-refractivity contribution < 1.29 is 58.9 Å². The number of carbonyl (C=O) groups is 4. The van der Waals surface area contributed by atoms with Crippen molar-refractivity contribution in [2.24, 2.45) is 5.73 Å². The largest absolute Gasteiger partial charge is 0.507 e. The predicted molar refractivity (Wildman–Crippen MR) is 141 cm³/mol. The number of esters is 1. The number of carbonyl (C=O) groups excluding carboxylic acids is 4. The molecule has 42 heavy (non-hydrogen) atoms. The summed E-state index contributed by atoms with van der Waals surface area (Å²) in [6.07, 6.45) is -5.35. The average Bonchev–Trinajstić information content (AvgIpc) is 2.94. The summed E-state index contributed by atoms with van der Waals surface area (Å²) in [5.41, 5.74) is 2.57. The SMILES string of the molecule is CC(=O)OCC(=O)[C@]1(O)Cc2c(O)c3c(c(O)c2[C@@H](OC2CC(N)C(O)C(C)O2)C1)C(=O)c1cc(CO)ccc1C3=O. The van der Waals surface area contributed by atoms with Crippen LogP contribution in [0.5, 0.6) is 11.5 Å². The molecule has 224 valence electrons. The minimum Gasteiger partial charge on any atom is -0.507 e. The van der Waals surface area contributed by atoms with Crippen molar-refractivity contribution in [3.05, 3.63) is 57.1 Å². The summed E-state index contributed by atoms with van der Waals surface area (Å²) in [5, 5.41) is 54.2. The molecule has 7 N–H and O–H groups in total. The van der Waals surface area contributed by atoms with E-state index in [4.69, 9.17) is 19.9 Å². The number of Topliss-reactive ketones (excluding diaryl/α,β-unsaturated/α-hetero) is 1. The van der Waals surface area contributed by atoms with E-state index in [-0.39, 0.29) is 28.7 Å². The van der Waals surface area contributed by atoms with E-state index in [1.807, 2.05) is 0 Å². The summed E-state index contributed by atoms with van der Waals surface area (Å²) in [4.78, 5) is 51.6. The molecule has 0 spiro atoms. The molecule has 13 nitrogen and oxygen atoms in total. The zero-order chi connectivity index (χ0) is 30.7. The first kappa shape index (κ1) is 29.8. The predicted octanol–water partition coefficient (Wildman–Crippen LogP) is 0.0558. The zero-order valence-corrected chi connectivity index (χ0v) is 22.8. The van der Waals surface area contributed by atoms with E-state index >= 15 is 0 Å². The molecule has 2 aromatic carbocycles. The Bertz CT molecular complexity index is 1490. The molecule has 2 aliphatic carbocycles. The Morgan fingerprint density at radius 2 is 1.79 bits per heavy atom. The first-order valence-corrected chi connectivity index (χ1v) is 13.3. The third kappa shape index (κ3) is 4.87. The summed E-state index contributed by atoms with van der Waals surface area (Å²) in [7, 11) is 0. The van der Waals surface area contributed by atoms with Gasteiger partial charge in [-0.15, -0.1) is 0 Å². The van der Waals surface area contributed by atoms with Gasteiger partial charge in [0.2, 0.25) is 5.78 Å². The summed E-state index contributed by atoms with van der Waals surface area (Å²) in [5.74, 6) is -4.70. The van der Waals surface area contributed by atoms with Gasteiger partial charge in [-0.05, 0) is 24.6 Å². The number of benzene rings is 2. The summed E-state index contributed by atoms with van der Waals surface area (Å²) in [6.45, 7) is 1.45. The Kier molecular flexibility index (Phi) is 7.68. The van der Waals surface area contributed by atoms with E-state index in [1.165, 1.54) is 18.2 Å². The molecule has 1 saturated heterocycles. The molecule has 0 amide bonds. The fourth-order valence-corrected chi connectivity index (χ4v) is 5.87. The van der Waals surface area contributed by atoms with E-state index < -0.39 is 108 Å². The first-order chi connectivity index (χ1) is 19.8. The lowest BCUT2D eigenvalue weighted by atomic mass is 9.72. The number of aromatic hydroxyl groups is 2. The lowest BCUT2D eigenvalue weighted by molar-refractivity contribution is -0.247. The zero-order valence-electron chi connectivity index (χ0n) is 22.8. The van der Waals surface area contributed by atoms with E-state index in [0.29, 0.717) is 5.56 Å². The van der Waals surface area contributed by atoms with Gasteiger partial charge >= 0.3 is 5.97 Å². The van der Waals surface area contributed by atoms with Crippen LogP contribution in [-0.2, 0) is 36.8 Å². The normalized spacial score (nSPS) is 28.5. The minimum atomic E-state index is -2.29. The molecule has 1 aliphatic heterocycles. The molecule has 3 aliphatic rings. The van der Waals surface area contributed by atoms with Gasteiger partial charge in [-0.25, -0.2) is 0 Å². The van der Waals surface area contributed by atoms with Crippen molar-refractivity contribution >= 4 is 23.3 Å². The van der Waals surface area contributed by atoms with Gasteiger partial charge in [-0.2, -0.15) is 0 Å². The van der Waals surface area contributed by atoms with E-state index in [9.17, 15) is 44.7 Å². The highest BCUT2D eigenvalue weighted by Crippen LogP contribution is 2.52. The molecule has 0 aromatic heterocycles. The van der Waals surface area contributed by atoms with Crippen LogP contribution in [-0.4, -0.2) is 85.6 Å². The number of rotatable bonds is 6. The molecule has 1 heterocycles. The van der Waals surface area contributed by atoms with E-state index in [0.717, 1.165) is 6.92 Å². The van der Waals surface area contributed by atoms with Crippen LogP contribution in [0.2, 0.25) is 0 Å². The number of phenols is 2. The molecule has 5 rings (SSSR count). The van der Waals surface area contributed by atoms with E-state index in [2.05, 4.69) is 0 Å². The molecule has 1 fully saturated rings. The van der Waals surface area contributed by atoms with Crippen molar-refractivity contribution in [3.63, 3.8) is 0 Å². The maximum Gasteiger partial charge on any atom is 0.303 e. The molecule has 2 aromatic rings. The van der Waals surface area contributed by atoms with Gasteiger partial charge in [0.05, 0.1) is 36.0 Å². The minimum absolute atomic E-state index is 0.0103. The topological polar surface area (TPSA) is 223 Å². The number of hydrogen-bond acceptors (Lipinski definition) is 13. The maximum atomic E-state index is 13.6. The number of hydrogen-bond donors (Lipinski definition) is 6. The third-order valence-corrected chi connectivity index (χ3v) is 8.11. The average molecular weight is 586 g/mol. The quantitative estimate of drug-likeness (QED) is 0.166. The van der Waals surface area contributed by atoms with Crippen molar-refractivity contribution in [1.29, 1.82) is 0 Å². The number of aliphatic hydroxyl groups excluding tert-OH is 2. The summed E-state index contributed by atoms with van der Waals surface area (Å²) < 4.78 is 16.6. The standard InChI is InChI=1S/C29H31NO12/c1-11-24(34)17(30)6-20(41-11)42-18-8-29(39,19(33)10-40-12(2)32)7-16-21(18)28(38)23-22(27(16)37)25(35)14-4-3-13(9-31)5-15(14)26(23)36/h3-5,11,17-18,20,24,31,34,37-39H,6-10,30H2,1-2H3/t11?,17?,18-,20?,24?,29-/m0/s1. The molecule has 6 atom stereocenters. The second-order valence-corrected chi connectivity index (χ2v) is 10.9. The highest BCUT2D eigenvalue weighted by atomic mass is 16.7. The van der Waals surface area contributed by atoms with Gasteiger partial charge in [0.15, 0.2) is 24.5 Å². The maximum absolute atomic E-state index is 13.6. The van der Waals surface area contributed by atoms with Crippen LogP contribution in [0.3, 0.4) is 0 Å². The third-order valence-electron chi connectivity index (χ3n) is 8.11. The number of ketones is 3. The lowest BCUT2D eigenvalue weighted by Crippen LogP contribution is -2.53. The van der Waals surface area contributed by atoms with Gasteiger partial charge < -0.3 is 45.5 Å². The fourth-order valence-electron chi connectivity index (χ4n) is 5.87. The second-order valence-electron chi connectivity index (χ2n) is 10.9. The molecule has 0 bridgehead atoms. The molecule has 13 heteroatoms. The molecular formula is C29H31NO12. The summed E-state index contributed by atoms with van der Waals surface area (Å²) in [6, 6.07) is 3.32. The van der Waals surface area contributed by atoms with Crippen molar-refractivity contribution in [2.45, 2.75) is 76.0 Å². The van der Waals surface area contributed by atoms with Gasteiger partial charge in [-0.3, -0.25) is 19.2 Å². The van der Waals surface area contributed by atoms with Crippen molar-refractivity contribution in [1.82, 2.24) is 0 Å². The lowest BCUT2D eigenvalue weighted by Gasteiger charge is -2.42. The van der Waals surface area contributed by atoms with E-state index in [1.54, 1.807) is 6.92 Å². The fraction of sp³-hybridized carbons (Fsp3) is 0.448. The Morgan fingerprint density at radius 3 is 2.43 bits per heavy atom. The van der Waals surface area contributed by atoms with Gasteiger partial charge in [0.25, 0.3) is 0 Å². The van der Waals surface area contributed by atoms with Gasteiger partial charge in [0, 0.05) is 54.5 Å². The van der Waals surface area contributed by atoms with Crippen LogP contribution in [0.1, 0.15) is 81.3 Å². The molecule has 0 radical (unpaired) electrons. The van der Waals surface area contributed by atoms with Crippen LogP contribution in [0.4, 0.5) is 0 Å². The van der Waals surface area contributed by atoms with Crippen LogP contribution in [0.15, 0.2) is 18.2 Å². The van der Waals surface area contributed by atoms with Crippen molar-refractivity contribution in [2.75, 3.05) is 6.61 Å². The molecule has 4 unspecified atom stereocenters. The Labute approximate surface area is 239 Å². The Balaban J connectivity index is 1.65. The first-order valence-electron chi connectivity index (χ1n) is 13.3. The summed E-state index contributed by atoms with van der Waals surface area (Å²) >= 11 is 0. The highest BCUT2D eigenvalue weighted by Gasteiger charge is 2.50. The number of phenolic OH excluding ortho intramolecular Hbond substituents is 2. The number of nitrogens with two attached hydrogens (primary N) is 1. The Morgan fingerprint density at radius 1 is 1.12 bits per heavy atom. The number of aliphatic hydroxyl groups is 3. The smallest absolute Gasteiger partial charge is 0.303 e. The number of ether oxygens (including phenoxy) is 3. The molecule has 0 saturated carbocycles. The van der Waals surface area contributed by atoms with Gasteiger partial charge in [0.1, 0.15) is 17.1 Å². The monoisotopic (exact) mass is 585 g/mol. The number of fused-ring (bicyclic) bond motifs is 3.